The maximum atomic E-state index is 10.4. The molecular weight excluding hydrogens is 585 g/mol. The van der Waals surface area contributed by atoms with Crippen LogP contribution in [-0.2, 0) is 0 Å². The molecule has 7 aromatic carbocycles. The van der Waals surface area contributed by atoms with E-state index in [-0.39, 0.29) is 0 Å². The van der Waals surface area contributed by atoms with Crippen molar-refractivity contribution in [2.45, 2.75) is 0 Å². The molecule has 0 aliphatic rings. The standard InChI is InChI=1S/C44H26N4/c45-27-30-11-9-17-36(35-15-3-7-20-40(35)48-38-18-5-1-13-33(38)34-14-2-6-19-39(34)48)43(30)29-23-25-32(26-24-29)47-41-21-8-4-16-37(41)44-31(28-46)12-10-22-42(44)47/h1-26H. The van der Waals surface area contributed by atoms with Gasteiger partial charge in [0.05, 0.1) is 51.0 Å². The van der Waals surface area contributed by atoms with Crippen LogP contribution >= 0.6 is 0 Å². The van der Waals surface area contributed by atoms with Crippen LogP contribution in [0.2, 0.25) is 0 Å². The van der Waals surface area contributed by atoms with Crippen LogP contribution in [0.4, 0.5) is 0 Å². The van der Waals surface area contributed by atoms with Crippen molar-refractivity contribution in [3.8, 4) is 45.8 Å². The topological polar surface area (TPSA) is 57.4 Å². The molecule has 0 N–H and O–H groups in total. The maximum Gasteiger partial charge on any atom is 0.0998 e. The summed E-state index contributed by atoms with van der Waals surface area (Å²) in [4.78, 5) is 0. The molecule has 0 saturated heterocycles. The van der Waals surface area contributed by atoms with E-state index in [1.165, 1.54) is 10.8 Å². The van der Waals surface area contributed by atoms with Gasteiger partial charge in [-0.15, -0.1) is 0 Å². The van der Waals surface area contributed by atoms with Gasteiger partial charge in [-0.25, -0.2) is 0 Å². The van der Waals surface area contributed by atoms with E-state index in [9.17, 15) is 10.5 Å². The monoisotopic (exact) mass is 610 g/mol. The van der Waals surface area contributed by atoms with Gasteiger partial charge in [0.25, 0.3) is 0 Å². The molecule has 2 aromatic heterocycles. The van der Waals surface area contributed by atoms with Gasteiger partial charge in [-0.2, -0.15) is 10.5 Å². The predicted octanol–water partition coefficient (Wildman–Crippen LogP) is 11.0. The molecule has 0 atom stereocenters. The molecule has 48 heavy (non-hydrogen) atoms. The number of aromatic nitrogens is 2. The van der Waals surface area contributed by atoms with Crippen molar-refractivity contribution >= 4 is 43.6 Å². The van der Waals surface area contributed by atoms with E-state index >= 15 is 0 Å². The van der Waals surface area contributed by atoms with Crippen LogP contribution in [0.1, 0.15) is 11.1 Å². The first-order valence-electron chi connectivity index (χ1n) is 15.9. The highest BCUT2D eigenvalue weighted by Crippen LogP contribution is 2.41. The van der Waals surface area contributed by atoms with E-state index in [0.29, 0.717) is 11.1 Å². The van der Waals surface area contributed by atoms with Gasteiger partial charge in [0, 0.05) is 38.4 Å². The summed E-state index contributed by atoms with van der Waals surface area (Å²) in [5, 5.41) is 24.7. The van der Waals surface area contributed by atoms with Crippen molar-refractivity contribution in [3.63, 3.8) is 0 Å². The molecule has 222 valence electrons. The van der Waals surface area contributed by atoms with Crippen LogP contribution < -0.4 is 0 Å². The second-order valence-corrected chi connectivity index (χ2v) is 11.9. The first kappa shape index (κ1) is 27.4. The molecule has 0 fully saturated rings. The van der Waals surface area contributed by atoms with E-state index in [0.717, 1.165) is 66.5 Å². The Morgan fingerprint density at radius 2 is 0.917 bits per heavy atom. The van der Waals surface area contributed by atoms with Crippen LogP contribution in [0.25, 0.3) is 77.2 Å². The summed E-state index contributed by atoms with van der Waals surface area (Å²) in [7, 11) is 0. The van der Waals surface area contributed by atoms with Gasteiger partial charge in [0.1, 0.15) is 0 Å². The van der Waals surface area contributed by atoms with Crippen molar-refractivity contribution in [2.75, 3.05) is 0 Å². The van der Waals surface area contributed by atoms with Crippen molar-refractivity contribution in [3.05, 3.63) is 169 Å². The average Bonchev–Trinajstić information content (AvgIpc) is 3.68. The second kappa shape index (κ2) is 10.9. The van der Waals surface area contributed by atoms with E-state index < -0.39 is 0 Å². The quantitative estimate of drug-likeness (QED) is 0.199. The Bertz CT molecular complexity index is 2750. The third-order valence-corrected chi connectivity index (χ3v) is 9.43. The molecular formula is C44H26N4. The van der Waals surface area contributed by atoms with Crippen LogP contribution in [0.5, 0.6) is 0 Å². The van der Waals surface area contributed by atoms with E-state index in [1.807, 2.05) is 36.4 Å². The van der Waals surface area contributed by atoms with Gasteiger partial charge in [0.15, 0.2) is 0 Å². The highest BCUT2D eigenvalue weighted by atomic mass is 15.0. The zero-order valence-electron chi connectivity index (χ0n) is 25.8. The van der Waals surface area contributed by atoms with Gasteiger partial charge >= 0.3 is 0 Å². The molecule has 0 radical (unpaired) electrons. The summed E-state index contributed by atoms with van der Waals surface area (Å²) >= 11 is 0. The van der Waals surface area contributed by atoms with Crippen molar-refractivity contribution in [1.82, 2.24) is 9.13 Å². The fourth-order valence-electron chi connectivity index (χ4n) is 7.43. The molecule has 0 amide bonds. The molecule has 0 saturated carbocycles. The molecule has 9 aromatic rings. The number of nitrogens with zero attached hydrogens (tertiary/aromatic N) is 4. The minimum Gasteiger partial charge on any atom is -0.309 e. The maximum absolute atomic E-state index is 10.4. The summed E-state index contributed by atoms with van der Waals surface area (Å²) in [6.07, 6.45) is 0. The summed E-state index contributed by atoms with van der Waals surface area (Å²) in [6, 6.07) is 58.9. The van der Waals surface area contributed by atoms with E-state index in [1.54, 1.807) is 0 Å². The van der Waals surface area contributed by atoms with Crippen LogP contribution in [0, 0.1) is 22.7 Å². The summed E-state index contributed by atoms with van der Waals surface area (Å²) in [5.74, 6) is 0. The molecule has 0 aliphatic carbocycles. The van der Waals surface area contributed by atoms with Gasteiger partial charge in [-0.3, -0.25) is 0 Å². The molecule has 9 rings (SSSR count). The van der Waals surface area contributed by atoms with E-state index in [2.05, 4.69) is 143 Å². The zero-order valence-corrected chi connectivity index (χ0v) is 25.8. The minimum absolute atomic E-state index is 0.618. The second-order valence-electron chi connectivity index (χ2n) is 11.9. The number of hydrogen-bond acceptors (Lipinski definition) is 2. The Morgan fingerprint density at radius 1 is 0.396 bits per heavy atom. The fraction of sp³-hybridized carbons (Fsp3) is 0. The molecule has 0 spiro atoms. The van der Waals surface area contributed by atoms with Crippen LogP contribution in [0.15, 0.2) is 158 Å². The summed E-state index contributed by atoms with van der Waals surface area (Å²) < 4.78 is 4.55. The Labute approximate surface area is 277 Å². The molecule has 4 nitrogen and oxygen atoms in total. The van der Waals surface area contributed by atoms with Crippen molar-refractivity contribution in [2.24, 2.45) is 0 Å². The average molecular weight is 611 g/mol. The largest absolute Gasteiger partial charge is 0.309 e. The Hall–Kier alpha value is -6.88. The third-order valence-electron chi connectivity index (χ3n) is 9.43. The number of nitriles is 2. The van der Waals surface area contributed by atoms with Crippen LogP contribution in [-0.4, -0.2) is 9.13 Å². The van der Waals surface area contributed by atoms with Gasteiger partial charge in [-0.05, 0) is 65.7 Å². The van der Waals surface area contributed by atoms with Crippen molar-refractivity contribution < 1.29 is 0 Å². The number of benzene rings is 7. The lowest BCUT2D eigenvalue weighted by Gasteiger charge is -2.18. The first-order chi connectivity index (χ1) is 23.8. The lowest BCUT2D eigenvalue weighted by Crippen LogP contribution is -1.99. The summed E-state index contributed by atoms with van der Waals surface area (Å²) in [6.45, 7) is 0. The molecule has 2 heterocycles. The zero-order chi connectivity index (χ0) is 32.2. The highest BCUT2D eigenvalue weighted by molar-refractivity contribution is 6.12. The summed E-state index contributed by atoms with van der Waals surface area (Å²) in [5.41, 5.74) is 11.5. The van der Waals surface area contributed by atoms with Gasteiger partial charge < -0.3 is 9.13 Å². The Kier molecular flexibility index (Phi) is 6.22. The molecule has 4 heteroatoms. The number of fused-ring (bicyclic) bond motifs is 6. The lowest BCUT2D eigenvalue weighted by atomic mass is 9.90. The smallest absolute Gasteiger partial charge is 0.0998 e. The number of rotatable bonds is 4. The third kappa shape index (κ3) is 4.01. The van der Waals surface area contributed by atoms with Gasteiger partial charge in [-0.1, -0.05) is 103 Å². The fourth-order valence-corrected chi connectivity index (χ4v) is 7.43. The van der Waals surface area contributed by atoms with E-state index in [4.69, 9.17) is 0 Å². The normalized spacial score (nSPS) is 11.3. The van der Waals surface area contributed by atoms with Crippen molar-refractivity contribution in [1.29, 1.82) is 10.5 Å². The van der Waals surface area contributed by atoms with Crippen LogP contribution in [0.3, 0.4) is 0 Å². The SMILES string of the molecule is N#Cc1cccc(-c2ccccc2-n2c3ccccc3c3ccccc32)c1-c1ccc(-n2c3ccccc3c3c(C#N)cccc32)cc1. The number of para-hydroxylation sites is 4. The molecule has 0 unspecified atom stereocenters. The predicted molar refractivity (Wildman–Crippen MR) is 195 cm³/mol. The highest BCUT2D eigenvalue weighted by Gasteiger charge is 2.20. The van der Waals surface area contributed by atoms with Gasteiger partial charge in [0.2, 0.25) is 0 Å². The Morgan fingerprint density at radius 3 is 1.60 bits per heavy atom. The Balaban J connectivity index is 1.25. The first-order valence-corrected chi connectivity index (χ1v) is 15.9. The number of hydrogen-bond donors (Lipinski definition) is 0. The minimum atomic E-state index is 0.618. The molecule has 0 aliphatic heterocycles. The molecule has 0 bridgehead atoms. The lowest BCUT2D eigenvalue weighted by molar-refractivity contribution is 1.18.